The first kappa shape index (κ1) is 29.9. The van der Waals surface area contributed by atoms with E-state index in [0.717, 1.165) is 29.7 Å². The van der Waals surface area contributed by atoms with Crippen molar-refractivity contribution in [3.63, 3.8) is 0 Å². The first-order valence-corrected chi connectivity index (χ1v) is 16.5. The summed E-state index contributed by atoms with van der Waals surface area (Å²) in [4.78, 5) is 27.1. The van der Waals surface area contributed by atoms with E-state index in [-0.39, 0.29) is 32.7 Å². The van der Waals surface area contributed by atoms with Gasteiger partial charge in [0.1, 0.15) is 5.69 Å². The van der Waals surface area contributed by atoms with Crippen LogP contribution in [0.5, 0.6) is 0 Å². The molecule has 1 aliphatic carbocycles. The molecule has 3 aromatic rings. The van der Waals surface area contributed by atoms with E-state index in [9.17, 15) is 23.3 Å². The number of carbonyl (C=O) groups excluding carboxylic acids is 1. The molecule has 2 aliphatic rings. The molecule has 1 saturated carbocycles. The molecular formula is C31H36N4O5S2. The number of nitrogens with zero attached hydrogens (tertiary/aromatic N) is 2. The maximum Gasteiger partial charge on any atom is 0.293 e. The molecule has 0 radical (unpaired) electrons. The van der Waals surface area contributed by atoms with Crippen molar-refractivity contribution in [2.45, 2.75) is 43.4 Å². The summed E-state index contributed by atoms with van der Waals surface area (Å²) in [7, 11) is -4.35. The average Bonchev–Trinajstić information content (AvgIpc) is 3.08. The summed E-state index contributed by atoms with van der Waals surface area (Å²) in [6, 6.07) is 20.3. The fraction of sp³-hybridized carbons (Fsp3) is 0.387. The number of rotatable bonds is 10. The highest BCUT2D eigenvalue weighted by Crippen LogP contribution is 2.59. The van der Waals surface area contributed by atoms with E-state index in [0.29, 0.717) is 18.2 Å². The molecule has 42 heavy (non-hydrogen) atoms. The average molecular weight is 609 g/mol. The Balaban J connectivity index is 1.23. The highest BCUT2D eigenvalue weighted by molar-refractivity contribution is 7.99. The van der Waals surface area contributed by atoms with Crippen LogP contribution < -0.4 is 14.9 Å². The third kappa shape index (κ3) is 5.98. The van der Waals surface area contributed by atoms with Crippen LogP contribution in [0.2, 0.25) is 0 Å². The molecule has 1 amide bonds. The molecule has 2 atom stereocenters. The van der Waals surface area contributed by atoms with Crippen LogP contribution >= 0.6 is 11.8 Å². The van der Waals surface area contributed by atoms with Crippen molar-refractivity contribution in [3.8, 4) is 0 Å². The van der Waals surface area contributed by atoms with E-state index in [1.165, 1.54) is 25.0 Å². The molecule has 0 spiro atoms. The lowest BCUT2D eigenvalue weighted by Gasteiger charge is -2.51. The van der Waals surface area contributed by atoms with Crippen LogP contribution in [0.25, 0.3) is 0 Å². The first-order chi connectivity index (χ1) is 19.9. The molecule has 0 aromatic heterocycles. The van der Waals surface area contributed by atoms with Crippen molar-refractivity contribution in [2.24, 2.45) is 16.7 Å². The van der Waals surface area contributed by atoms with Gasteiger partial charge in [-0.3, -0.25) is 14.9 Å². The Morgan fingerprint density at radius 1 is 1.07 bits per heavy atom. The zero-order valence-corrected chi connectivity index (χ0v) is 25.6. The van der Waals surface area contributed by atoms with Crippen molar-refractivity contribution >= 4 is 44.8 Å². The number of amides is 1. The van der Waals surface area contributed by atoms with Crippen LogP contribution in [-0.4, -0.2) is 44.6 Å². The van der Waals surface area contributed by atoms with Gasteiger partial charge >= 0.3 is 0 Å². The molecule has 11 heteroatoms. The number of carbonyl (C=O) groups is 1. The van der Waals surface area contributed by atoms with Crippen LogP contribution in [0, 0.1) is 26.9 Å². The minimum Gasteiger partial charge on any atom is -0.379 e. The summed E-state index contributed by atoms with van der Waals surface area (Å²) in [5.74, 6) is 0.463. The van der Waals surface area contributed by atoms with Gasteiger partial charge in [0.05, 0.1) is 9.82 Å². The first-order valence-electron chi connectivity index (χ1n) is 14.0. The summed E-state index contributed by atoms with van der Waals surface area (Å²) in [5.41, 5.74) is 1.52. The number of hydrogen-bond donors (Lipinski definition) is 2. The lowest BCUT2D eigenvalue weighted by atomic mass is 9.63. The second-order valence-corrected chi connectivity index (χ2v) is 14.8. The number of thioether (sulfide) groups is 1. The Morgan fingerprint density at radius 3 is 2.45 bits per heavy atom. The number of hydrogen-bond acceptors (Lipinski definition) is 8. The molecular weight excluding hydrogens is 572 g/mol. The Bertz CT molecular complexity index is 1580. The number of anilines is 2. The molecule has 5 rings (SSSR count). The number of nitrogens with one attached hydrogen (secondary N) is 2. The Kier molecular flexibility index (Phi) is 8.26. The van der Waals surface area contributed by atoms with Gasteiger partial charge in [-0.2, -0.15) is 0 Å². The molecule has 1 heterocycles. The molecule has 2 unspecified atom stereocenters. The van der Waals surface area contributed by atoms with Crippen LogP contribution in [0.3, 0.4) is 0 Å². The van der Waals surface area contributed by atoms with Gasteiger partial charge in [0, 0.05) is 47.6 Å². The zero-order valence-electron chi connectivity index (χ0n) is 24.0. The van der Waals surface area contributed by atoms with Gasteiger partial charge in [0.2, 0.25) is 0 Å². The fourth-order valence-electron chi connectivity index (χ4n) is 6.13. The van der Waals surface area contributed by atoms with Crippen LogP contribution in [0.4, 0.5) is 17.1 Å². The number of fused-ring (bicyclic) bond motifs is 2. The van der Waals surface area contributed by atoms with Gasteiger partial charge in [0.25, 0.3) is 21.6 Å². The third-order valence-corrected chi connectivity index (χ3v) is 11.6. The SMILES string of the molecule is CC12CCC(CN(c3ccc(C(=O)NS(=O)(=O)c4ccc(NCCSc5ccccc5)c([N+](=O)[O-])c4)cc3)C1)C2(C)C. The highest BCUT2D eigenvalue weighted by Gasteiger charge is 2.55. The van der Waals surface area contributed by atoms with Crippen molar-refractivity contribution < 1.29 is 18.1 Å². The summed E-state index contributed by atoms with van der Waals surface area (Å²) in [6.07, 6.45) is 2.41. The van der Waals surface area contributed by atoms with E-state index >= 15 is 0 Å². The van der Waals surface area contributed by atoms with E-state index in [1.54, 1.807) is 23.9 Å². The predicted molar refractivity (Wildman–Crippen MR) is 167 cm³/mol. The fourth-order valence-corrected chi connectivity index (χ4v) is 7.92. The van der Waals surface area contributed by atoms with Crippen molar-refractivity contribution in [3.05, 3.63) is 88.5 Å². The monoisotopic (exact) mass is 608 g/mol. The Labute approximate surface area is 251 Å². The number of benzene rings is 3. The molecule has 9 nitrogen and oxygen atoms in total. The number of sulfonamides is 1. The normalized spacial score (nSPS) is 21.1. The lowest BCUT2D eigenvalue weighted by molar-refractivity contribution is -0.384. The molecule has 2 N–H and O–H groups in total. The van der Waals surface area contributed by atoms with Crippen LogP contribution in [0.1, 0.15) is 44.0 Å². The van der Waals surface area contributed by atoms with Gasteiger partial charge in [-0.05, 0) is 78.1 Å². The summed E-state index contributed by atoms with van der Waals surface area (Å²) in [6.45, 7) is 9.41. The molecule has 2 bridgehead atoms. The predicted octanol–water partition coefficient (Wildman–Crippen LogP) is 6.18. The molecule has 1 aliphatic heterocycles. The smallest absolute Gasteiger partial charge is 0.293 e. The standard InChI is InChI=1S/C31H36N4O5S2/c1-30(2)23-15-16-31(30,3)21-34(20-23)24-11-9-22(10-12-24)29(36)33-42(39,40)26-13-14-27(28(19-26)35(37)38)32-17-18-41-25-7-5-4-6-8-25/h4-14,19,23,32H,15-18,20-21H2,1-3H3,(H,33,36). The van der Waals surface area contributed by atoms with E-state index in [4.69, 9.17) is 0 Å². The van der Waals surface area contributed by atoms with Gasteiger partial charge in [-0.15, -0.1) is 11.8 Å². The molecule has 1 saturated heterocycles. The van der Waals surface area contributed by atoms with Gasteiger partial charge < -0.3 is 10.2 Å². The quantitative estimate of drug-likeness (QED) is 0.121. The van der Waals surface area contributed by atoms with Crippen molar-refractivity contribution in [1.29, 1.82) is 0 Å². The topological polar surface area (TPSA) is 122 Å². The summed E-state index contributed by atoms with van der Waals surface area (Å²) >= 11 is 1.60. The lowest BCUT2D eigenvalue weighted by Crippen LogP contribution is -2.52. The maximum absolute atomic E-state index is 13.0. The Hall–Kier alpha value is -3.57. The van der Waals surface area contributed by atoms with Gasteiger partial charge in [0.15, 0.2) is 0 Å². The highest BCUT2D eigenvalue weighted by atomic mass is 32.2. The van der Waals surface area contributed by atoms with Gasteiger partial charge in [-0.1, -0.05) is 39.0 Å². The van der Waals surface area contributed by atoms with E-state index in [1.807, 2.05) is 42.5 Å². The van der Waals surface area contributed by atoms with Gasteiger partial charge in [-0.25, -0.2) is 13.1 Å². The van der Waals surface area contributed by atoms with Crippen molar-refractivity contribution in [2.75, 3.05) is 35.6 Å². The maximum atomic E-state index is 13.0. The summed E-state index contributed by atoms with van der Waals surface area (Å²) in [5, 5.41) is 14.7. The van der Waals surface area contributed by atoms with E-state index in [2.05, 4.69) is 35.7 Å². The second kappa shape index (κ2) is 11.6. The zero-order chi connectivity index (χ0) is 30.1. The number of nitro benzene ring substituents is 1. The number of nitro groups is 1. The third-order valence-electron chi connectivity index (χ3n) is 9.23. The van der Waals surface area contributed by atoms with Crippen molar-refractivity contribution in [1.82, 2.24) is 4.72 Å². The molecule has 3 aromatic carbocycles. The largest absolute Gasteiger partial charge is 0.379 e. The molecule has 2 fully saturated rings. The second-order valence-electron chi connectivity index (χ2n) is 11.9. The Morgan fingerprint density at radius 2 is 1.79 bits per heavy atom. The minimum atomic E-state index is -4.35. The minimum absolute atomic E-state index is 0.192. The van der Waals surface area contributed by atoms with Crippen LogP contribution in [0.15, 0.2) is 82.6 Å². The van der Waals surface area contributed by atoms with E-state index < -0.39 is 20.9 Å². The number of piperidine rings is 1. The summed E-state index contributed by atoms with van der Waals surface area (Å²) < 4.78 is 28.1. The molecule has 222 valence electrons. The van der Waals surface area contributed by atoms with Crippen LogP contribution in [-0.2, 0) is 10.0 Å².